The van der Waals surface area contributed by atoms with Crippen LogP contribution in [0.1, 0.15) is 49.1 Å². The van der Waals surface area contributed by atoms with Gasteiger partial charge in [0.15, 0.2) is 6.61 Å². The van der Waals surface area contributed by atoms with Gasteiger partial charge in [0.2, 0.25) is 5.91 Å². The number of aryl methyl sites for hydroxylation is 1. The second-order valence-electron chi connectivity index (χ2n) is 8.31. The Hall–Kier alpha value is -2.65. The standard InChI is InChI=1S/C22H26F3N3O3/c1-13(2)21(29)27-20-18-11-28(30,10-17(18)7-8-26-20)15(4)16-5-6-19(14(3)9-16)31-12-22(23,24)25/h5-9,13,15H,10-12H2,1-4H3,(H,26,27,29). The summed E-state index contributed by atoms with van der Waals surface area (Å²) in [6.45, 7) is 6.00. The van der Waals surface area contributed by atoms with Crippen LogP contribution in [0.2, 0.25) is 0 Å². The van der Waals surface area contributed by atoms with Crippen LogP contribution in [0, 0.1) is 18.0 Å². The van der Waals surface area contributed by atoms with Crippen LogP contribution in [0.15, 0.2) is 30.5 Å². The van der Waals surface area contributed by atoms with Crippen LogP contribution in [0.4, 0.5) is 19.0 Å². The molecule has 0 saturated heterocycles. The van der Waals surface area contributed by atoms with E-state index in [1.807, 2.05) is 0 Å². The molecule has 0 spiro atoms. The van der Waals surface area contributed by atoms with Crippen molar-refractivity contribution in [2.45, 2.75) is 53.0 Å². The second kappa shape index (κ2) is 8.47. The van der Waals surface area contributed by atoms with E-state index in [4.69, 9.17) is 4.74 Å². The van der Waals surface area contributed by atoms with Gasteiger partial charge in [0.1, 0.15) is 30.7 Å². The normalized spacial score (nSPS) is 19.3. The molecule has 1 aromatic heterocycles. The molecule has 9 heteroatoms. The first kappa shape index (κ1) is 23.0. The van der Waals surface area contributed by atoms with Crippen molar-refractivity contribution in [1.29, 1.82) is 0 Å². The van der Waals surface area contributed by atoms with Gasteiger partial charge in [-0.3, -0.25) is 4.79 Å². The average Bonchev–Trinajstić information content (AvgIpc) is 3.04. The average molecular weight is 437 g/mol. The third kappa shape index (κ3) is 5.16. The highest BCUT2D eigenvalue weighted by Crippen LogP contribution is 2.41. The second-order valence-corrected chi connectivity index (χ2v) is 8.31. The predicted octanol–water partition coefficient (Wildman–Crippen LogP) is 5.02. The van der Waals surface area contributed by atoms with E-state index in [1.165, 1.54) is 6.07 Å². The number of aromatic nitrogens is 1. The van der Waals surface area contributed by atoms with Crippen LogP contribution in [0.5, 0.6) is 5.75 Å². The highest BCUT2D eigenvalue weighted by molar-refractivity contribution is 5.92. The van der Waals surface area contributed by atoms with Gasteiger partial charge in [-0.05, 0) is 43.7 Å². The number of amides is 1. The van der Waals surface area contributed by atoms with Crippen molar-refractivity contribution in [1.82, 2.24) is 4.98 Å². The van der Waals surface area contributed by atoms with Crippen molar-refractivity contribution in [3.05, 3.63) is 57.9 Å². The lowest BCUT2D eigenvalue weighted by atomic mass is 10.0. The lowest BCUT2D eigenvalue weighted by molar-refractivity contribution is -0.928. The van der Waals surface area contributed by atoms with Crippen LogP contribution in [-0.4, -0.2) is 28.3 Å². The summed E-state index contributed by atoms with van der Waals surface area (Å²) in [4.78, 5) is 16.3. The number of pyridine rings is 1. The topological polar surface area (TPSA) is 74.3 Å². The van der Waals surface area contributed by atoms with Gasteiger partial charge < -0.3 is 19.9 Å². The number of carbonyl (C=O) groups is 1. The number of nitrogens with one attached hydrogen (secondary N) is 1. The van der Waals surface area contributed by atoms with Crippen LogP contribution in [0.25, 0.3) is 0 Å². The molecule has 0 aliphatic carbocycles. The SMILES string of the molecule is Cc1cc(C(C)[N+]2([O-])Cc3ccnc(NC(=O)C(C)C)c3C2)ccc1OCC(F)(F)F. The molecule has 0 fully saturated rings. The molecule has 0 radical (unpaired) electrons. The zero-order valence-corrected chi connectivity index (χ0v) is 17.9. The smallest absolute Gasteiger partial charge is 0.422 e. The first-order valence-corrected chi connectivity index (χ1v) is 10.0. The van der Waals surface area contributed by atoms with Crippen LogP contribution in [-0.2, 0) is 17.9 Å². The summed E-state index contributed by atoms with van der Waals surface area (Å²) in [6.07, 6.45) is -2.84. The summed E-state index contributed by atoms with van der Waals surface area (Å²) in [6, 6.07) is 6.10. The molecule has 0 saturated carbocycles. The fraction of sp³-hybridized carbons (Fsp3) is 0.455. The largest absolute Gasteiger partial charge is 0.632 e. The fourth-order valence-electron chi connectivity index (χ4n) is 3.64. The van der Waals surface area contributed by atoms with Gasteiger partial charge in [-0.2, -0.15) is 13.2 Å². The molecule has 2 unspecified atom stereocenters. The van der Waals surface area contributed by atoms with E-state index in [-0.39, 0.29) is 30.7 Å². The number of carbonyl (C=O) groups excluding carboxylic acids is 1. The summed E-state index contributed by atoms with van der Waals surface area (Å²) in [5.41, 5.74) is 2.79. The number of hydrogen-bond donors (Lipinski definition) is 1. The van der Waals surface area contributed by atoms with Crippen LogP contribution in [0.3, 0.4) is 0 Å². The molecule has 1 aromatic carbocycles. The fourth-order valence-corrected chi connectivity index (χ4v) is 3.64. The number of alkyl halides is 3. The van der Waals surface area contributed by atoms with Crippen molar-refractivity contribution < 1.29 is 27.3 Å². The van der Waals surface area contributed by atoms with Crippen LogP contribution >= 0.6 is 0 Å². The molecule has 6 nitrogen and oxygen atoms in total. The lowest BCUT2D eigenvalue weighted by Gasteiger charge is -2.44. The molecule has 168 valence electrons. The highest BCUT2D eigenvalue weighted by Gasteiger charge is 2.37. The molecule has 2 atom stereocenters. The lowest BCUT2D eigenvalue weighted by Crippen LogP contribution is -2.38. The number of fused-ring (bicyclic) bond motifs is 1. The number of anilines is 1. The van der Waals surface area contributed by atoms with Crippen molar-refractivity contribution in [3.8, 4) is 5.75 Å². The zero-order chi connectivity index (χ0) is 23.0. The molecule has 1 N–H and O–H groups in total. The van der Waals surface area contributed by atoms with Gasteiger partial charge in [0, 0.05) is 23.2 Å². The summed E-state index contributed by atoms with van der Waals surface area (Å²) >= 11 is 0. The molecule has 31 heavy (non-hydrogen) atoms. The molecule has 1 aliphatic rings. The molecular formula is C22H26F3N3O3. The minimum Gasteiger partial charge on any atom is -0.632 e. The number of rotatable bonds is 6. The Morgan fingerprint density at radius 3 is 2.58 bits per heavy atom. The van der Waals surface area contributed by atoms with Gasteiger partial charge in [-0.15, -0.1) is 0 Å². The maximum Gasteiger partial charge on any atom is 0.422 e. The van der Waals surface area contributed by atoms with Gasteiger partial charge in [-0.25, -0.2) is 4.98 Å². The number of benzene rings is 1. The van der Waals surface area contributed by atoms with Gasteiger partial charge in [0.25, 0.3) is 0 Å². The minimum atomic E-state index is -4.42. The Morgan fingerprint density at radius 1 is 1.26 bits per heavy atom. The van der Waals surface area contributed by atoms with Crippen molar-refractivity contribution in [2.75, 3.05) is 11.9 Å². The maximum absolute atomic E-state index is 13.7. The predicted molar refractivity (Wildman–Crippen MR) is 110 cm³/mol. The Morgan fingerprint density at radius 2 is 1.97 bits per heavy atom. The molecule has 0 bridgehead atoms. The molecule has 1 amide bonds. The Kier molecular flexibility index (Phi) is 6.29. The van der Waals surface area contributed by atoms with Crippen molar-refractivity contribution in [2.24, 2.45) is 5.92 Å². The molecule has 3 rings (SSSR count). The molecule has 2 aromatic rings. The maximum atomic E-state index is 13.7. The summed E-state index contributed by atoms with van der Waals surface area (Å²) < 4.78 is 41.5. The Balaban J connectivity index is 1.79. The quantitative estimate of drug-likeness (QED) is 0.509. The van der Waals surface area contributed by atoms with E-state index < -0.39 is 23.5 Å². The van der Waals surface area contributed by atoms with E-state index in [0.717, 1.165) is 11.1 Å². The summed E-state index contributed by atoms with van der Waals surface area (Å²) in [5.74, 6) is 0.157. The summed E-state index contributed by atoms with van der Waals surface area (Å²) in [7, 11) is 0. The first-order chi connectivity index (χ1) is 14.4. The summed E-state index contributed by atoms with van der Waals surface area (Å²) in [5, 5.41) is 16.5. The highest BCUT2D eigenvalue weighted by atomic mass is 19.4. The Labute approximate surface area is 179 Å². The zero-order valence-electron chi connectivity index (χ0n) is 17.9. The number of hydrogen-bond acceptors (Lipinski definition) is 4. The Bertz CT molecular complexity index is 978. The number of quaternary nitrogens is 1. The van der Waals surface area contributed by atoms with E-state index in [1.54, 1.807) is 52.1 Å². The van der Waals surface area contributed by atoms with E-state index >= 15 is 0 Å². The number of ether oxygens (including phenoxy) is 1. The van der Waals surface area contributed by atoms with Gasteiger partial charge >= 0.3 is 6.18 Å². The number of hydroxylamine groups is 3. The van der Waals surface area contributed by atoms with E-state index in [0.29, 0.717) is 16.9 Å². The van der Waals surface area contributed by atoms with Gasteiger partial charge in [-0.1, -0.05) is 13.8 Å². The third-order valence-corrected chi connectivity index (χ3v) is 5.56. The molecule has 2 heterocycles. The minimum absolute atomic E-state index is 0.137. The molecule has 1 aliphatic heterocycles. The van der Waals surface area contributed by atoms with Crippen molar-refractivity contribution >= 4 is 11.7 Å². The number of nitrogens with zero attached hydrogens (tertiary/aromatic N) is 2. The monoisotopic (exact) mass is 437 g/mol. The third-order valence-electron chi connectivity index (χ3n) is 5.56. The van der Waals surface area contributed by atoms with Crippen molar-refractivity contribution in [3.63, 3.8) is 0 Å². The van der Waals surface area contributed by atoms with Crippen LogP contribution < -0.4 is 10.1 Å². The molecular weight excluding hydrogens is 411 g/mol. The van der Waals surface area contributed by atoms with Gasteiger partial charge in [0.05, 0.1) is 5.56 Å². The van der Waals surface area contributed by atoms with E-state index in [9.17, 15) is 23.2 Å². The van der Waals surface area contributed by atoms with E-state index in [2.05, 4.69) is 10.3 Å². The number of halogens is 3. The first-order valence-electron chi connectivity index (χ1n) is 10.0.